The fourth-order valence-corrected chi connectivity index (χ4v) is 2.57. The van der Waals surface area contributed by atoms with E-state index in [0.29, 0.717) is 0 Å². The maximum Gasteiger partial charge on any atom is 0.408 e. The Morgan fingerprint density at radius 2 is 1.79 bits per heavy atom. The van der Waals surface area contributed by atoms with Gasteiger partial charge in [-0.05, 0) is 58.1 Å². The van der Waals surface area contributed by atoms with Crippen molar-refractivity contribution < 1.29 is 19.1 Å². The van der Waals surface area contributed by atoms with E-state index in [4.69, 9.17) is 4.74 Å². The SMILES string of the molecule is CNC(=O)/C=C/[C@H](CCc1ccccc1)CC(=O)[C@H](C)NC(=O)OC(C)(C)C. The van der Waals surface area contributed by atoms with E-state index in [-0.39, 0.29) is 24.0 Å². The molecule has 2 atom stereocenters. The molecule has 6 nitrogen and oxygen atoms in total. The van der Waals surface area contributed by atoms with E-state index in [0.717, 1.165) is 12.8 Å². The third-order valence-corrected chi connectivity index (χ3v) is 4.09. The zero-order valence-electron chi connectivity index (χ0n) is 17.5. The number of allylic oxidation sites excluding steroid dienone is 1. The van der Waals surface area contributed by atoms with Crippen molar-refractivity contribution in [1.29, 1.82) is 0 Å². The normalized spacial score (nSPS) is 13.6. The predicted octanol–water partition coefficient (Wildman–Crippen LogP) is 3.41. The molecule has 0 unspecified atom stereocenters. The van der Waals surface area contributed by atoms with Gasteiger partial charge in [0.05, 0.1) is 6.04 Å². The largest absolute Gasteiger partial charge is 0.444 e. The predicted molar refractivity (Wildman–Crippen MR) is 110 cm³/mol. The maximum absolute atomic E-state index is 12.6. The van der Waals surface area contributed by atoms with Crippen molar-refractivity contribution in [2.45, 2.75) is 58.6 Å². The van der Waals surface area contributed by atoms with Gasteiger partial charge < -0.3 is 15.4 Å². The topological polar surface area (TPSA) is 84.5 Å². The number of carbonyl (C=O) groups excluding carboxylic acids is 3. The number of rotatable bonds is 9. The Morgan fingerprint density at radius 1 is 1.14 bits per heavy atom. The number of amides is 2. The van der Waals surface area contributed by atoms with Gasteiger partial charge in [0.15, 0.2) is 5.78 Å². The van der Waals surface area contributed by atoms with Crippen LogP contribution in [0.3, 0.4) is 0 Å². The second kappa shape index (κ2) is 11.3. The highest BCUT2D eigenvalue weighted by Crippen LogP contribution is 2.17. The molecule has 0 spiro atoms. The highest BCUT2D eigenvalue weighted by molar-refractivity contribution is 5.88. The summed E-state index contributed by atoms with van der Waals surface area (Å²) in [6.07, 6.45) is 4.36. The zero-order chi connectivity index (χ0) is 21.2. The summed E-state index contributed by atoms with van der Waals surface area (Å²) >= 11 is 0. The van der Waals surface area contributed by atoms with Crippen molar-refractivity contribution in [3.05, 3.63) is 48.0 Å². The minimum Gasteiger partial charge on any atom is -0.444 e. The van der Waals surface area contributed by atoms with Crippen LogP contribution in [0.15, 0.2) is 42.5 Å². The summed E-state index contributed by atoms with van der Waals surface area (Å²) in [5, 5.41) is 5.11. The van der Waals surface area contributed by atoms with E-state index in [1.165, 1.54) is 11.6 Å². The van der Waals surface area contributed by atoms with Crippen molar-refractivity contribution in [2.75, 3.05) is 7.05 Å². The number of hydrogen-bond donors (Lipinski definition) is 2. The van der Waals surface area contributed by atoms with Crippen LogP contribution in [0.4, 0.5) is 4.79 Å². The van der Waals surface area contributed by atoms with Gasteiger partial charge in [0.2, 0.25) is 5.91 Å². The Labute approximate surface area is 167 Å². The molecule has 0 radical (unpaired) electrons. The summed E-state index contributed by atoms with van der Waals surface area (Å²) in [7, 11) is 1.56. The third-order valence-electron chi connectivity index (χ3n) is 4.09. The molecule has 0 heterocycles. The lowest BCUT2D eigenvalue weighted by Crippen LogP contribution is -2.42. The lowest BCUT2D eigenvalue weighted by atomic mass is 9.92. The van der Waals surface area contributed by atoms with Gasteiger partial charge in [0, 0.05) is 13.5 Å². The van der Waals surface area contributed by atoms with Crippen LogP contribution in [0, 0.1) is 5.92 Å². The van der Waals surface area contributed by atoms with Gasteiger partial charge in [-0.25, -0.2) is 4.79 Å². The second-order valence-corrected chi connectivity index (χ2v) is 7.80. The summed E-state index contributed by atoms with van der Waals surface area (Å²) in [6.45, 7) is 6.94. The number of Topliss-reactive ketones (excluding diaryl/α,β-unsaturated/α-hetero) is 1. The highest BCUT2D eigenvalue weighted by Gasteiger charge is 2.22. The molecule has 0 aromatic heterocycles. The molecular formula is C22H32N2O4. The lowest BCUT2D eigenvalue weighted by molar-refractivity contribution is -0.121. The number of nitrogens with one attached hydrogen (secondary N) is 2. The van der Waals surface area contributed by atoms with E-state index in [1.807, 2.05) is 30.3 Å². The van der Waals surface area contributed by atoms with Gasteiger partial charge in [0.1, 0.15) is 5.60 Å². The van der Waals surface area contributed by atoms with Crippen molar-refractivity contribution in [3.8, 4) is 0 Å². The molecule has 2 N–H and O–H groups in total. The number of alkyl carbamates (subject to hydrolysis) is 1. The van der Waals surface area contributed by atoms with Crippen LogP contribution >= 0.6 is 0 Å². The van der Waals surface area contributed by atoms with Gasteiger partial charge in [-0.1, -0.05) is 36.4 Å². The van der Waals surface area contributed by atoms with Crippen LogP contribution in [-0.4, -0.2) is 36.5 Å². The highest BCUT2D eigenvalue weighted by atomic mass is 16.6. The van der Waals surface area contributed by atoms with Gasteiger partial charge in [-0.2, -0.15) is 0 Å². The standard InChI is InChI=1S/C22H32N2O4/c1-16(24-21(27)28-22(2,3)4)19(25)15-18(13-14-20(26)23-5)12-11-17-9-7-6-8-10-17/h6-10,13-14,16,18H,11-12,15H2,1-5H3,(H,23,26)(H,24,27)/b14-13+/t16-,18-/m0/s1. The first-order valence-corrected chi connectivity index (χ1v) is 9.56. The summed E-state index contributed by atoms with van der Waals surface area (Å²) in [6, 6.07) is 9.32. The Kier molecular flexibility index (Phi) is 9.42. The quantitative estimate of drug-likeness (QED) is 0.635. The number of ketones is 1. The van der Waals surface area contributed by atoms with Crippen molar-refractivity contribution >= 4 is 17.8 Å². The second-order valence-electron chi connectivity index (χ2n) is 7.80. The van der Waals surface area contributed by atoms with E-state index in [9.17, 15) is 14.4 Å². The number of likely N-dealkylation sites (N-methyl/N-ethyl adjacent to an activating group) is 1. The molecule has 2 amide bonds. The van der Waals surface area contributed by atoms with Gasteiger partial charge in [-0.3, -0.25) is 9.59 Å². The average Bonchev–Trinajstić information content (AvgIpc) is 2.62. The van der Waals surface area contributed by atoms with E-state index >= 15 is 0 Å². The van der Waals surface area contributed by atoms with Crippen LogP contribution in [0.2, 0.25) is 0 Å². The maximum atomic E-state index is 12.6. The smallest absolute Gasteiger partial charge is 0.408 e. The molecule has 0 fully saturated rings. The molecule has 0 aliphatic carbocycles. The molecule has 0 bridgehead atoms. The van der Waals surface area contributed by atoms with E-state index in [1.54, 1.807) is 40.8 Å². The van der Waals surface area contributed by atoms with Crippen molar-refractivity contribution in [3.63, 3.8) is 0 Å². The Balaban J connectivity index is 2.69. The first kappa shape index (κ1) is 23.4. The van der Waals surface area contributed by atoms with Crippen molar-refractivity contribution in [2.24, 2.45) is 5.92 Å². The summed E-state index contributed by atoms with van der Waals surface area (Å²) in [4.78, 5) is 36.0. The number of benzene rings is 1. The van der Waals surface area contributed by atoms with Crippen molar-refractivity contribution in [1.82, 2.24) is 10.6 Å². The Morgan fingerprint density at radius 3 is 2.36 bits per heavy atom. The fraction of sp³-hybridized carbons (Fsp3) is 0.500. The van der Waals surface area contributed by atoms with Crippen LogP contribution in [0.5, 0.6) is 0 Å². The molecule has 0 saturated heterocycles. The average molecular weight is 389 g/mol. The van der Waals surface area contributed by atoms with Gasteiger partial charge in [0.25, 0.3) is 0 Å². The summed E-state index contributed by atoms with van der Waals surface area (Å²) < 4.78 is 5.19. The van der Waals surface area contributed by atoms with Crippen LogP contribution < -0.4 is 10.6 Å². The minimum absolute atomic E-state index is 0.104. The molecule has 0 aliphatic rings. The summed E-state index contributed by atoms with van der Waals surface area (Å²) in [5.41, 5.74) is 0.551. The molecular weight excluding hydrogens is 356 g/mol. The fourth-order valence-electron chi connectivity index (χ4n) is 2.57. The van der Waals surface area contributed by atoms with E-state index in [2.05, 4.69) is 10.6 Å². The molecule has 0 aliphatic heterocycles. The van der Waals surface area contributed by atoms with Gasteiger partial charge in [-0.15, -0.1) is 0 Å². The van der Waals surface area contributed by atoms with Crippen LogP contribution in [0.1, 0.15) is 46.1 Å². The number of hydrogen-bond acceptors (Lipinski definition) is 4. The first-order valence-electron chi connectivity index (χ1n) is 9.56. The minimum atomic E-state index is -0.664. The molecule has 6 heteroatoms. The van der Waals surface area contributed by atoms with Crippen LogP contribution in [-0.2, 0) is 20.7 Å². The zero-order valence-corrected chi connectivity index (χ0v) is 17.5. The first-order chi connectivity index (χ1) is 13.1. The molecule has 28 heavy (non-hydrogen) atoms. The third kappa shape index (κ3) is 9.90. The Hall–Kier alpha value is -2.63. The molecule has 1 aromatic carbocycles. The molecule has 1 rings (SSSR count). The molecule has 154 valence electrons. The number of ether oxygens (including phenoxy) is 1. The molecule has 1 aromatic rings. The van der Waals surface area contributed by atoms with Crippen LogP contribution in [0.25, 0.3) is 0 Å². The number of carbonyl (C=O) groups is 3. The molecule has 0 saturated carbocycles. The Bertz CT molecular complexity index is 678. The van der Waals surface area contributed by atoms with E-state index < -0.39 is 17.7 Å². The van der Waals surface area contributed by atoms with Gasteiger partial charge >= 0.3 is 6.09 Å². The monoisotopic (exact) mass is 388 g/mol. The number of aryl methyl sites for hydroxylation is 1. The summed E-state index contributed by atoms with van der Waals surface area (Å²) in [5.74, 6) is -0.421. The lowest BCUT2D eigenvalue weighted by Gasteiger charge is -2.22.